The van der Waals surface area contributed by atoms with Crippen molar-refractivity contribution < 1.29 is 4.74 Å². The molecule has 1 aromatic heterocycles. The van der Waals surface area contributed by atoms with Gasteiger partial charge in [-0.05, 0) is 38.3 Å². The van der Waals surface area contributed by atoms with Gasteiger partial charge in [-0.15, -0.1) is 6.58 Å². The van der Waals surface area contributed by atoms with Crippen LogP contribution in [0.2, 0.25) is 0 Å². The number of nitrogens with zero attached hydrogens (tertiary/aromatic N) is 1. The molecule has 0 saturated heterocycles. The molecule has 0 unspecified atom stereocenters. The molecule has 0 aromatic carbocycles. The monoisotopic (exact) mass is 246 g/mol. The zero-order valence-electron chi connectivity index (χ0n) is 11.3. The van der Waals surface area contributed by atoms with Gasteiger partial charge in [0, 0.05) is 30.8 Å². The minimum Gasteiger partial charge on any atom is -0.477 e. The molecule has 3 nitrogen and oxygen atoms in total. The molecule has 2 rings (SSSR count). The van der Waals surface area contributed by atoms with Gasteiger partial charge in [0.25, 0.3) is 0 Å². The van der Waals surface area contributed by atoms with E-state index in [1.807, 2.05) is 19.9 Å². The molecule has 1 aromatic rings. The molecule has 18 heavy (non-hydrogen) atoms. The van der Waals surface area contributed by atoms with Crippen molar-refractivity contribution in [3.05, 3.63) is 35.5 Å². The van der Waals surface area contributed by atoms with E-state index in [4.69, 9.17) is 4.74 Å². The summed E-state index contributed by atoms with van der Waals surface area (Å²) in [5.74, 6) is 0.726. The smallest absolute Gasteiger partial charge is 0.213 e. The Hall–Kier alpha value is -1.35. The summed E-state index contributed by atoms with van der Waals surface area (Å²) in [6.45, 7) is 9.45. The zero-order valence-corrected chi connectivity index (χ0v) is 11.3. The lowest BCUT2D eigenvalue weighted by atomic mass is 10.2. The minimum absolute atomic E-state index is 0.654. The van der Waals surface area contributed by atoms with Crippen LogP contribution in [-0.2, 0) is 6.54 Å². The molecule has 1 saturated carbocycles. The second kappa shape index (κ2) is 6.01. The maximum absolute atomic E-state index is 5.66. The quantitative estimate of drug-likeness (QED) is 0.751. The SMILES string of the molecule is C=C(C)CCOc1cc(CNC2CC2)cc(C)n1. The maximum Gasteiger partial charge on any atom is 0.213 e. The molecule has 3 heteroatoms. The molecule has 0 radical (unpaired) electrons. The van der Waals surface area contributed by atoms with Gasteiger partial charge in [-0.25, -0.2) is 4.98 Å². The van der Waals surface area contributed by atoms with Gasteiger partial charge in [0.05, 0.1) is 6.61 Å². The first-order chi connectivity index (χ1) is 8.63. The van der Waals surface area contributed by atoms with E-state index in [0.717, 1.165) is 36.2 Å². The van der Waals surface area contributed by atoms with Gasteiger partial charge in [-0.3, -0.25) is 0 Å². The van der Waals surface area contributed by atoms with Crippen molar-refractivity contribution in [3.8, 4) is 5.88 Å². The lowest BCUT2D eigenvalue weighted by Gasteiger charge is -2.09. The Balaban J connectivity index is 1.89. The highest BCUT2D eigenvalue weighted by Gasteiger charge is 2.20. The summed E-state index contributed by atoms with van der Waals surface area (Å²) >= 11 is 0. The lowest BCUT2D eigenvalue weighted by molar-refractivity contribution is 0.308. The first-order valence-corrected chi connectivity index (χ1v) is 6.61. The average molecular weight is 246 g/mol. The van der Waals surface area contributed by atoms with E-state index < -0.39 is 0 Å². The minimum atomic E-state index is 0.654. The van der Waals surface area contributed by atoms with Gasteiger partial charge < -0.3 is 10.1 Å². The molecule has 98 valence electrons. The largest absolute Gasteiger partial charge is 0.477 e. The number of aromatic nitrogens is 1. The fourth-order valence-electron chi connectivity index (χ4n) is 1.76. The van der Waals surface area contributed by atoms with Crippen LogP contribution in [0.1, 0.15) is 37.4 Å². The second-order valence-electron chi connectivity index (χ2n) is 5.17. The van der Waals surface area contributed by atoms with E-state index in [2.05, 4.69) is 22.9 Å². The van der Waals surface area contributed by atoms with Crippen molar-refractivity contribution in [3.63, 3.8) is 0 Å². The molecule has 1 N–H and O–H groups in total. The summed E-state index contributed by atoms with van der Waals surface area (Å²) in [7, 11) is 0. The Labute approximate surface area is 109 Å². The third kappa shape index (κ3) is 4.49. The van der Waals surface area contributed by atoms with Gasteiger partial charge in [-0.2, -0.15) is 0 Å². The summed E-state index contributed by atoms with van der Waals surface area (Å²) in [4.78, 5) is 4.39. The summed E-state index contributed by atoms with van der Waals surface area (Å²) < 4.78 is 5.66. The number of pyridine rings is 1. The number of hydrogen-bond acceptors (Lipinski definition) is 3. The molecule has 0 spiro atoms. The van der Waals surface area contributed by atoms with Gasteiger partial charge >= 0.3 is 0 Å². The summed E-state index contributed by atoms with van der Waals surface area (Å²) in [6, 6.07) is 4.87. The van der Waals surface area contributed by atoms with Crippen LogP contribution in [0.3, 0.4) is 0 Å². The van der Waals surface area contributed by atoms with Crippen LogP contribution in [-0.4, -0.2) is 17.6 Å². The van der Waals surface area contributed by atoms with Gasteiger partial charge in [0.15, 0.2) is 0 Å². The van der Waals surface area contributed by atoms with Gasteiger partial charge in [0.2, 0.25) is 5.88 Å². The van der Waals surface area contributed by atoms with E-state index in [1.54, 1.807) is 0 Å². The average Bonchev–Trinajstić information content (AvgIpc) is 3.09. The molecular formula is C15H22N2O. The molecule has 0 atom stereocenters. The van der Waals surface area contributed by atoms with Crippen molar-refractivity contribution >= 4 is 0 Å². The van der Waals surface area contributed by atoms with Crippen molar-refractivity contribution in [1.29, 1.82) is 0 Å². The summed E-state index contributed by atoms with van der Waals surface area (Å²) in [5, 5.41) is 3.50. The standard InChI is InChI=1S/C15H22N2O/c1-11(2)6-7-18-15-9-13(8-12(3)17-15)10-16-14-4-5-14/h8-9,14,16H,1,4-7,10H2,2-3H3. The highest BCUT2D eigenvalue weighted by Crippen LogP contribution is 2.20. The molecule has 0 bridgehead atoms. The van der Waals surface area contributed by atoms with Crippen LogP contribution >= 0.6 is 0 Å². The number of ether oxygens (including phenoxy) is 1. The Bertz CT molecular complexity index is 425. The van der Waals surface area contributed by atoms with E-state index in [-0.39, 0.29) is 0 Å². The van der Waals surface area contributed by atoms with Gasteiger partial charge in [0.1, 0.15) is 0 Å². The van der Waals surface area contributed by atoms with Crippen molar-refractivity contribution in [2.75, 3.05) is 6.61 Å². The highest BCUT2D eigenvalue weighted by molar-refractivity contribution is 5.24. The van der Waals surface area contributed by atoms with Crippen LogP contribution in [0.15, 0.2) is 24.3 Å². The third-order valence-corrected chi connectivity index (χ3v) is 2.94. The predicted molar refractivity (Wildman–Crippen MR) is 73.8 cm³/mol. The van der Waals surface area contributed by atoms with Crippen molar-refractivity contribution in [2.24, 2.45) is 0 Å². The van der Waals surface area contributed by atoms with Crippen molar-refractivity contribution in [1.82, 2.24) is 10.3 Å². The van der Waals surface area contributed by atoms with E-state index in [9.17, 15) is 0 Å². The molecular weight excluding hydrogens is 224 g/mol. The molecule has 0 amide bonds. The molecule has 1 heterocycles. The summed E-state index contributed by atoms with van der Waals surface area (Å²) in [6.07, 6.45) is 3.50. The first-order valence-electron chi connectivity index (χ1n) is 6.61. The Morgan fingerprint density at radius 1 is 1.50 bits per heavy atom. The normalized spacial score (nSPS) is 14.6. The Morgan fingerprint density at radius 2 is 2.28 bits per heavy atom. The fourth-order valence-corrected chi connectivity index (χ4v) is 1.76. The van der Waals surface area contributed by atoms with E-state index in [0.29, 0.717) is 6.61 Å². The lowest BCUT2D eigenvalue weighted by Crippen LogP contribution is -2.15. The topological polar surface area (TPSA) is 34.1 Å². The van der Waals surface area contributed by atoms with Gasteiger partial charge in [-0.1, -0.05) is 5.57 Å². The predicted octanol–water partition coefficient (Wildman–Crippen LogP) is 2.99. The maximum atomic E-state index is 5.66. The van der Waals surface area contributed by atoms with Crippen LogP contribution in [0, 0.1) is 6.92 Å². The van der Waals surface area contributed by atoms with E-state index >= 15 is 0 Å². The number of hydrogen-bond donors (Lipinski definition) is 1. The zero-order chi connectivity index (χ0) is 13.0. The molecule has 1 fully saturated rings. The number of rotatable bonds is 7. The number of aryl methyl sites for hydroxylation is 1. The first kappa shape index (κ1) is 13.1. The summed E-state index contributed by atoms with van der Waals surface area (Å²) in [5.41, 5.74) is 3.40. The van der Waals surface area contributed by atoms with Crippen LogP contribution in [0.4, 0.5) is 0 Å². The molecule has 0 aliphatic heterocycles. The second-order valence-corrected chi connectivity index (χ2v) is 5.17. The van der Waals surface area contributed by atoms with E-state index in [1.165, 1.54) is 18.4 Å². The van der Waals surface area contributed by atoms with Crippen LogP contribution in [0.25, 0.3) is 0 Å². The molecule has 1 aliphatic carbocycles. The van der Waals surface area contributed by atoms with Crippen molar-refractivity contribution in [2.45, 2.75) is 45.7 Å². The molecule has 1 aliphatic rings. The Kier molecular flexibility index (Phi) is 4.37. The third-order valence-electron chi connectivity index (χ3n) is 2.94. The fraction of sp³-hybridized carbons (Fsp3) is 0.533. The number of nitrogens with one attached hydrogen (secondary N) is 1. The highest BCUT2D eigenvalue weighted by atomic mass is 16.5. The Morgan fingerprint density at radius 3 is 2.94 bits per heavy atom. The van der Waals surface area contributed by atoms with Crippen LogP contribution in [0.5, 0.6) is 5.88 Å². The van der Waals surface area contributed by atoms with Crippen LogP contribution < -0.4 is 10.1 Å².